The van der Waals surface area contributed by atoms with Crippen molar-refractivity contribution in [2.45, 2.75) is 63.3 Å². The van der Waals surface area contributed by atoms with Gasteiger partial charge in [0.25, 0.3) is 5.69 Å². The van der Waals surface area contributed by atoms with Crippen LogP contribution < -0.4 is 26.0 Å². The van der Waals surface area contributed by atoms with Gasteiger partial charge < -0.3 is 40.2 Å². The Bertz CT molecular complexity index is 1330. The van der Waals surface area contributed by atoms with E-state index in [2.05, 4.69) is 39.0 Å². The van der Waals surface area contributed by atoms with Crippen LogP contribution in [0.2, 0.25) is 0 Å². The molecular formula is C36H47N5O11. The summed E-state index contributed by atoms with van der Waals surface area (Å²) in [6.45, 7) is 1.46. The van der Waals surface area contributed by atoms with E-state index in [-0.39, 0.29) is 146 Å². The van der Waals surface area contributed by atoms with E-state index in [1.54, 1.807) is 0 Å². The Kier molecular flexibility index (Phi) is 23.4. The zero-order chi connectivity index (χ0) is 38.5. The lowest BCUT2D eigenvalue weighted by molar-refractivity contribution is -0.384. The van der Waals surface area contributed by atoms with E-state index in [9.17, 15) is 34.1 Å². The second-order valence-electron chi connectivity index (χ2n) is 11.2. The number of nitro groups is 1. The molecule has 0 bridgehead atoms. The fourth-order valence-corrected chi connectivity index (χ4v) is 4.64. The highest BCUT2D eigenvalue weighted by molar-refractivity contribution is 5.80. The highest BCUT2D eigenvalue weighted by atomic mass is 16.6. The molecule has 0 aliphatic heterocycles. The molecule has 4 N–H and O–H groups in total. The van der Waals surface area contributed by atoms with Gasteiger partial charge in [0.1, 0.15) is 25.6 Å². The summed E-state index contributed by atoms with van der Waals surface area (Å²) in [7, 11) is 0. The number of hydrogen-bond acceptors (Lipinski definition) is 11. The first-order chi connectivity index (χ1) is 25.0. The highest BCUT2D eigenvalue weighted by Gasteiger charge is 2.33. The highest BCUT2D eigenvalue weighted by Crippen LogP contribution is 2.27. The van der Waals surface area contributed by atoms with Gasteiger partial charge in [-0.05, 0) is 37.8 Å². The van der Waals surface area contributed by atoms with Gasteiger partial charge in [0, 0.05) is 69.4 Å². The molecule has 0 heterocycles. The third-order valence-electron chi connectivity index (χ3n) is 7.22. The summed E-state index contributed by atoms with van der Waals surface area (Å²) in [5.41, 5.74) is -1.34. The van der Waals surface area contributed by atoms with Crippen molar-refractivity contribution in [3.8, 4) is 42.8 Å². The van der Waals surface area contributed by atoms with E-state index < -0.39 is 22.3 Å². The van der Waals surface area contributed by atoms with Crippen LogP contribution in [0.15, 0.2) is 24.3 Å². The lowest BCUT2D eigenvalue weighted by Crippen LogP contribution is -2.50. The van der Waals surface area contributed by atoms with E-state index in [0.29, 0.717) is 0 Å². The van der Waals surface area contributed by atoms with Crippen molar-refractivity contribution in [3.63, 3.8) is 0 Å². The monoisotopic (exact) mass is 725 g/mol. The number of nitrogens with zero attached hydrogens (tertiary/aromatic N) is 1. The summed E-state index contributed by atoms with van der Waals surface area (Å²) in [5, 5.41) is 22.0. The summed E-state index contributed by atoms with van der Waals surface area (Å²) >= 11 is 0. The molecule has 16 heteroatoms. The van der Waals surface area contributed by atoms with Crippen LogP contribution >= 0.6 is 0 Å². The lowest BCUT2D eigenvalue weighted by Gasteiger charge is -2.35. The van der Waals surface area contributed by atoms with Gasteiger partial charge in [-0.3, -0.25) is 34.1 Å². The lowest BCUT2D eigenvalue weighted by atomic mass is 9.83. The van der Waals surface area contributed by atoms with Crippen molar-refractivity contribution in [1.82, 2.24) is 21.3 Å². The van der Waals surface area contributed by atoms with Gasteiger partial charge >= 0.3 is 5.97 Å². The molecule has 282 valence electrons. The molecule has 1 aromatic carbocycles. The second-order valence-corrected chi connectivity index (χ2v) is 11.2. The maximum atomic E-state index is 13.3. The van der Waals surface area contributed by atoms with E-state index >= 15 is 0 Å². The van der Waals surface area contributed by atoms with Gasteiger partial charge in [-0.25, -0.2) is 0 Å². The first-order valence-electron chi connectivity index (χ1n) is 16.6. The van der Waals surface area contributed by atoms with Crippen molar-refractivity contribution in [2.75, 3.05) is 59.3 Å². The Labute approximate surface area is 303 Å². The Morgan fingerprint density at radius 2 is 1.08 bits per heavy atom. The smallest absolute Gasteiger partial charge is 0.311 e. The number of nitro benzene ring substituents is 1. The quantitative estimate of drug-likeness (QED) is 0.0240. The fraction of sp³-hybridized carbons (Fsp3) is 0.528. The van der Waals surface area contributed by atoms with Crippen LogP contribution in [0.25, 0.3) is 0 Å². The average Bonchev–Trinajstić information content (AvgIpc) is 3.12. The number of benzene rings is 1. The van der Waals surface area contributed by atoms with Gasteiger partial charge in [0.2, 0.25) is 23.6 Å². The summed E-state index contributed by atoms with van der Waals surface area (Å²) in [5.74, 6) is 4.94. The first kappa shape index (κ1) is 44.6. The van der Waals surface area contributed by atoms with Crippen molar-refractivity contribution in [2.24, 2.45) is 0 Å². The van der Waals surface area contributed by atoms with Crippen LogP contribution in [0.3, 0.4) is 0 Å². The Hall–Kier alpha value is -5.47. The topological polar surface area (TPSA) is 214 Å². The van der Waals surface area contributed by atoms with Crippen molar-refractivity contribution in [1.29, 1.82) is 0 Å². The summed E-state index contributed by atoms with van der Waals surface area (Å²) in [4.78, 5) is 74.3. The summed E-state index contributed by atoms with van der Waals surface area (Å²) in [6, 6.07) is 4.98. The minimum Gasteiger partial charge on any atom is -0.427 e. The third-order valence-corrected chi connectivity index (χ3v) is 7.22. The number of non-ortho nitro benzene ring substituents is 1. The molecule has 52 heavy (non-hydrogen) atoms. The van der Waals surface area contributed by atoms with E-state index in [0.717, 1.165) is 0 Å². The Morgan fingerprint density at radius 1 is 0.654 bits per heavy atom. The Morgan fingerprint density at radius 3 is 1.46 bits per heavy atom. The zero-order valence-electron chi connectivity index (χ0n) is 29.2. The molecule has 0 saturated carbocycles. The van der Waals surface area contributed by atoms with Crippen LogP contribution in [0.4, 0.5) is 5.69 Å². The molecule has 1 aromatic rings. The molecule has 0 fully saturated rings. The van der Waals surface area contributed by atoms with Gasteiger partial charge in [0.05, 0.1) is 24.7 Å². The largest absolute Gasteiger partial charge is 0.427 e. The minimum absolute atomic E-state index is 0.0555. The maximum absolute atomic E-state index is 13.3. The minimum atomic E-state index is -1.18. The first-order valence-corrected chi connectivity index (χ1v) is 16.6. The van der Waals surface area contributed by atoms with Crippen molar-refractivity contribution >= 4 is 35.3 Å². The third kappa shape index (κ3) is 21.6. The number of hydrogen-bond donors (Lipinski definition) is 4. The summed E-state index contributed by atoms with van der Waals surface area (Å²) in [6.07, 6.45) is 15.4. The van der Waals surface area contributed by atoms with Crippen LogP contribution in [0, 0.1) is 47.1 Å². The standard InChI is InChI=1S/C36H47N5O11/c1-4-23-49-26-20-37-31(42)14-17-36(18-15-32(43)38-21-27-50-24-5-2,19-16-33(44)39-22-28-51-25-6-3)40-34(45)8-7-9-35(46)52-30-12-10-29(11-13-30)41(47)48/h1-3,10-13H,7-9,14-28H2,(H,37,42)(H,38,43)(H,39,44)(H,40,45). The Balaban J connectivity index is 3.01. The number of terminal acetylenes is 3. The molecule has 0 atom stereocenters. The van der Waals surface area contributed by atoms with Crippen LogP contribution in [0.1, 0.15) is 57.8 Å². The van der Waals surface area contributed by atoms with Gasteiger partial charge in [0.15, 0.2) is 0 Å². The molecule has 0 spiro atoms. The second kappa shape index (κ2) is 27.3. The maximum Gasteiger partial charge on any atom is 0.311 e. The van der Waals surface area contributed by atoms with E-state index in [4.69, 9.17) is 38.2 Å². The predicted octanol–water partition coefficient (Wildman–Crippen LogP) is 1.16. The molecule has 0 radical (unpaired) electrons. The zero-order valence-corrected chi connectivity index (χ0v) is 29.2. The van der Waals surface area contributed by atoms with Crippen LogP contribution in [-0.4, -0.2) is 99.3 Å². The van der Waals surface area contributed by atoms with E-state index in [1.165, 1.54) is 24.3 Å². The number of nitrogens with one attached hydrogen (secondary N) is 4. The van der Waals surface area contributed by atoms with Gasteiger partial charge in [-0.2, -0.15) is 0 Å². The number of rotatable bonds is 28. The van der Waals surface area contributed by atoms with Crippen LogP contribution in [0.5, 0.6) is 5.75 Å². The molecule has 0 aromatic heterocycles. The molecule has 0 aliphatic rings. The number of esters is 1. The number of carbonyl (C=O) groups excluding carboxylic acids is 5. The van der Waals surface area contributed by atoms with Crippen molar-refractivity contribution < 1.29 is 47.8 Å². The van der Waals surface area contributed by atoms with Gasteiger partial charge in [-0.1, -0.05) is 17.8 Å². The number of amides is 4. The van der Waals surface area contributed by atoms with Crippen molar-refractivity contribution in [3.05, 3.63) is 34.4 Å². The normalized spacial score (nSPS) is 10.5. The molecule has 0 aliphatic carbocycles. The average molecular weight is 726 g/mol. The summed E-state index contributed by atoms with van der Waals surface area (Å²) < 4.78 is 20.7. The SMILES string of the molecule is C#CCOCCNC(=O)CCC(CCC(=O)NCCOCC#C)(CCC(=O)NCCOCC#C)NC(=O)CCCC(=O)Oc1ccc([N+](=O)[O-])cc1. The fourth-order valence-electron chi connectivity index (χ4n) is 4.64. The molecule has 4 amide bonds. The number of carbonyl (C=O) groups is 5. The molecule has 16 nitrogen and oxygen atoms in total. The van der Waals surface area contributed by atoms with Crippen LogP contribution in [-0.2, 0) is 38.2 Å². The predicted molar refractivity (Wildman–Crippen MR) is 189 cm³/mol. The molecule has 0 saturated heterocycles. The molecule has 0 unspecified atom stereocenters. The van der Waals surface area contributed by atoms with Gasteiger partial charge in [-0.15, -0.1) is 19.3 Å². The van der Waals surface area contributed by atoms with E-state index in [1.807, 2.05) is 0 Å². The molecule has 1 rings (SSSR count). The number of ether oxygens (including phenoxy) is 4. The molecular weight excluding hydrogens is 678 g/mol.